The SMILES string of the molecule is CC(C)(C)c1ccnc(-n2c3ccccc3c3ccc(Oc4ccc5c6ccccc6n6c(nc7c8ccccc8n8c9ccccc9c9cccc(c%10ccccc%10c76)c98)c5c4)cc32)c1. The van der Waals surface area contributed by atoms with Crippen molar-refractivity contribution in [3.8, 4) is 17.3 Å². The molecule has 66 heavy (non-hydrogen) atoms. The van der Waals surface area contributed by atoms with Crippen LogP contribution in [0.4, 0.5) is 0 Å². The highest BCUT2D eigenvalue weighted by molar-refractivity contribution is 6.26. The van der Waals surface area contributed by atoms with Gasteiger partial charge in [0.1, 0.15) is 23.0 Å². The lowest BCUT2D eigenvalue weighted by molar-refractivity contribution is 0.484. The average Bonchev–Trinajstić information content (AvgIpc) is 4.03. The summed E-state index contributed by atoms with van der Waals surface area (Å²) >= 11 is 0. The molecule has 0 aliphatic carbocycles. The number of nitrogens with zero attached hydrogens (tertiary/aromatic N) is 5. The van der Waals surface area contributed by atoms with Crippen LogP contribution in [-0.4, -0.2) is 23.3 Å². The van der Waals surface area contributed by atoms with Crippen molar-refractivity contribution >= 4 is 109 Å². The molecule has 0 amide bonds. The molecule has 0 bridgehead atoms. The molecular weight excluding hydrogens is 807 g/mol. The lowest BCUT2D eigenvalue weighted by Gasteiger charge is -2.20. The fourth-order valence-electron chi connectivity index (χ4n) is 10.9. The Kier molecular flexibility index (Phi) is 7.57. The highest BCUT2D eigenvalue weighted by Crippen LogP contribution is 2.42. The normalized spacial score (nSPS) is 12.5. The van der Waals surface area contributed by atoms with Crippen LogP contribution < -0.4 is 4.74 Å². The van der Waals surface area contributed by atoms with Gasteiger partial charge in [0.2, 0.25) is 0 Å². The maximum atomic E-state index is 6.92. The molecule has 0 aliphatic heterocycles. The summed E-state index contributed by atoms with van der Waals surface area (Å²) < 4.78 is 14.0. The zero-order chi connectivity index (χ0) is 43.8. The third-order valence-corrected chi connectivity index (χ3v) is 13.8. The summed E-state index contributed by atoms with van der Waals surface area (Å²) in [5.41, 5.74) is 10.8. The van der Waals surface area contributed by atoms with Crippen LogP contribution in [0.1, 0.15) is 26.3 Å². The molecule has 0 N–H and O–H groups in total. The van der Waals surface area contributed by atoms with E-state index in [0.29, 0.717) is 0 Å². The average molecular weight is 848 g/mol. The first-order valence-corrected chi connectivity index (χ1v) is 22.7. The number of aromatic nitrogens is 5. The maximum Gasteiger partial charge on any atom is 0.146 e. The molecule has 0 saturated carbocycles. The predicted octanol–water partition coefficient (Wildman–Crippen LogP) is 15.8. The van der Waals surface area contributed by atoms with Crippen molar-refractivity contribution in [1.82, 2.24) is 23.3 Å². The third kappa shape index (κ3) is 5.18. The molecule has 0 unspecified atom stereocenters. The smallest absolute Gasteiger partial charge is 0.146 e. The molecule has 0 aliphatic rings. The van der Waals surface area contributed by atoms with Crippen molar-refractivity contribution in [2.45, 2.75) is 26.2 Å². The fraction of sp³-hybridized carbons (Fsp3) is 0.0667. The Balaban J connectivity index is 1.06. The van der Waals surface area contributed by atoms with Crippen molar-refractivity contribution in [2.75, 3.05) is 0 Å². The zero-order valence-corrected chi connectivity index (χ0v) is 36.6. The van der Waals surface area contributed by atoms with Gasteiger partial charge in [-0.1, -0.05) is 136 Å². The second-order valence-electron chi connectivity index (χ2n) is 18.6. The summed E-state index contributed by atoms with van der Waals surface area (Å²) in [5, 5.41) is 12.6. The van der Waals surface area contributed by atoms with Gasteiger partial charge in [-0.15, -0.1) is 0 Å². The summed E-state index contributed by atoms with van der Waals surface area (Å²) in [6, 6.07) is 67.6. The van der Waals surface area contributed by atoms with Gasteiger partial charge in [0, 0.05) is 60.7 Å². The highest BCUT2D eigenvalue weighted by Gasteiger charge is 2.22. The van der Waals surface area contributed by atoms with Gasteiger partial charge in [-0.3, -0.25) is 8.97 Å². The highest BCUT2D eigenvalue weighted by atomic mass is 16.5. The van der Waals surface area contributed by atoms with Crippen molar-refractivity contribution < 1.29 is 4.74 Å². The van der Waals surface area contributed by atoms with Crippen LogP contribution in [0.2, 0.25) is 0 Å². The lowest BCUT2D eigenvalue weighted by Crippen LogP contribution is -2.12. The standard InChI is InChI=1S/C60H41N5O/c1-60(2,3)36-31-32-61-55(33-36)63-50-23-10-7-17-42(50)44-30-28-38(35-54(44)63)66-37-27-29-40-41-16-6-12-25-52(41)65-58-46-19-5-4-15-39(46)45-21-14-22-47-43-18-8-11-24-51(43)64(57(45)47)53-26-13-9-20-48(53)56(58)62-59(65)49(40)34-37/h4-35H,1-3H3. The number of ether oxygens (including phenoxy) is 1. The Labute approximate surface area is 378 Å². The van der Waals surface area contributed by atoms with Crippen LogP contribution in [0, 0.1) is 0 Å². The number of hydrogen-bond acceptors (Lipinski definition) is 3. The van der Waals surface area contributed by atoms with E-state index < -0.39 is 0 Å². The van der Waals surface area contributed by atoms with E-state index in [-0.39, 0.29) is 5.41 Å². The fourth-order valence-corrected chi connectivity index (χ4v) is 10.9. The zero-order valence-electron chi connectivity index (χ0n) is 36.6. The van der Waals surface area contributed by atoms with Crippen LogP contribution in [0.25, 0.3) is 115 Å². The molecule has 8 aromatic carbocycles. The minimum atomic E-state index is -0.0220. The number of benzene rings is 8. The molecular formula is C60H41N5O. The van der Waals surface area contributed by atoms with Crippen LogP contribution in [0.3, 0.4) is 0 Å². The second-order valence-corrected chi connectivity index (χ2v) is 18.6. The van der Waals surface area contributed by atoms with E-state index in [1.54, 1.807) is 0 Å². The van der Waals surface area contributed by atoms with Gasteiger partial charge < -0.3 is 9.14 Å². The summed E-state index contributed by atoms with van der Waals surface area (Å²) in [5.74, 6) is 2.36. The monoisotopic (exact) mass is 847 g/mol. The quantitative estimate of drug-likeness (QED) is 0.166. The minimum absolute atomic E-state index is 0.0220. The molecule has 6 aromatic heterocycles. The van der Waals surface area contributed by atoms with E-state index in [0.717, 1.165) is 93.8 Å². The van der Waals surface area contributed by atoms with Crippen LogP contribution in [0.15, 0.2) is 194 Å². The molecule has 312 valence electrons. The van der Waals surface area contributed by atoms with Crippen molar-refractivity contribution in [3.63, 3.8) is 0 Å². The molecule has 6 nitrogen and oxygen atoms in total. The molecule has 0 fully saturated rings. The Morgan fingerprint density at radius 3 is 1.62 bits per heavy atom. The minimum Gasteiger partial charge on any atom is -0.457 e. The van der Waals surface area contributed by atoms with Gasteiger partial charge >= 0.3 is 0 Å². The van der Waals surface area contributed by atoms with Crippen LogP contribution in [-0.2, 0) is 5.41 Å². The van der Waals surface area contributed by atoms with E-state index in [4.69, 9.17) is 14.7 Å². The first-order valence-electron chi connectivity index (χ1n) is 22.7. The number of imidazole rings is 1. The number of para-hydroxylation sites is 5. The van der Waals surface area contributed by atoms with E-state index in [9.17, 15) is 0 Å². The number of rotatable bonds is 3. The van der Waals surface area contributed by atoms with Gasteiger partial charge in [0.05, 0.1) is 44.1 Å². The Bertz CT molecular complexity index is 4430. The van der Waals surface area contributed by atoms with Gasteiger partial charge in [-0.25, -0.2) is 9.97 Å². The van der Waals surface area contributed by atoms with Crippen molar-refractivity contribution in [1.29, 1.82) is 0 Å². The number of pyridine rings is 2. The Morgan fingerprint density at radius 1 is 0.394 bits per heavy atom. The third-order valence-electron chi connectivity index (χ3n) is 13.8. The molecule has 6 heterocycles. The number of hydrogen-bond donors (Lipinski definition) is 0. The van der Waals surface area contributed by atoms with E-state index in [1.807, 2.05) is 6.20 Å². The second kappa shape index (κ2) is 13.5. The molecule has 0 spiro atoms. The molecule has 0 saturated heterocycles. The van der Waals surface area contributed by atoms with Gasteiger partial charge in [0.25, 0.3) is 0 Å². The van der Waals surface area contributed by atoms with Crippen LogP contribution in [0.5, 0.6) is 11.5 Å². The summed E-state index contributed by atoms with van der Waals surface area (Å²) in [7, 11) is 0. The maximum absolute atomic E-state index is 6.92. The van der Waals surface area contributed by atoms with Crippen LogP contribution >= 0.6 is 0 Å². The molecule has 14 aromatic rings. The first kappa shape index (κ1) is 36.9. The van der Waals surface area contributed by atoms with E-state index in [2.05, 4.69) is 222 Å². The Hall–Kier alpha value is -8.48. The van der Waals surface area contributed by atoms with Gasteiger partial charge in [0.15, 0.2) is 0 Å². The molecule has 14 rings (SSSR count). The predicted molar refractivity (Wildman–Crippen MR) is 275 cm³/mol. The largest absolute Gasteiger partial charge is 0.457 e. The topological polar surface area (TPSA) is 48.8 Å². The van der Waals surface area contributed by atoms with Gasteiger partial charge in [-0.2, -0.15) is 0 Å². The molecule has 6 heteroatoms. The van der Waals surface area contributed by atoms with E-state index in [1.165, 1.54) is 38.1 Å². The molecule has 0 radical (unpaired) electrons. The van der Waals surface area contributed by atoms with Crippen molar-refractivity contribution in [2.24, 2.45) is 0 Å². The van der Waals surface area contributed by atoms with Gasteiger partial charge in [-0.05, 0) is 88.5 Å². The lowest BCUT2D eigenvalue weighted by atomic mass is 9.88. The molecule has 0 atom stereocenters. The summed E-state index contributed by atoms with van der Waals surface area (Å²) in [6.45, 7) is 6.72. The summed E-state index contributed by atoms with van der Waals surface area (Å²) in [4.78, 5) is 10.7. The Morgan fingerprint density at radius 2 is 0.894 bits per heavy atom. The van der Waals surface area contributed by atoms with Crippen molar-refractivity contribution in [3.05, 3.63) is 200 Å². The van der Waals surface area contributed by atoms with E-state index >= 15 is 0 Å². The number of fused-ring (bicyclic) bond motifs is 20. The summed E-state index contributed by atoms with van der Waals surface area (Å²) in [6.07, 6.45) is 1.92. The first-order chi connectivity index (χ1) is 32.4.